The molecule has 1 aliphatic heterocycles. The third-order valence-electron chi connectivity index (χ3n) is 4.83. The van der Waals surface area contributed by atoms with Gasteiger partial charge >= 0.3 is 0 Å². The summed E-state index contributed by atoms with van der Waals surface area (Å²) in [4.78, 5) is 25.9. The lowest BCUT2D eigenvalue weighted by Gasteiger charge is -2.31. The third kappa shape index (κ3) is 4.54. The molecule has 2 N–H and O–H groups in total. The van der Waals surface area contributed by atoms with E-state index in [1.807, 2.05) is 42.5 Å². The molecule has 0 aliphatic carbocycles. The van der Waals surface area contributed by atoms with Crippen LogP contribution in [0.5, 0.6) is 0 Å². The van der Waals surface area contributed by atoms with Crippen LogP contribution < -0.4 is 5.73 Å². The zero-order valence-electron chi connectivity index (χ0n) is 14.4. The number of hydrogen-bond acceptors (Lipinski definition) is 3. The molecule has 1 saturated heterocycles. The second kappa shape index (κ2) is 8.08. The second-order valence-electron chi connectivity index (χ2n) is 6.66. The van der Waals surface area contributed by atoms with E-state index < -0.39 is 0 Å². The number of hydrogen-bond donors (Lipinski definition) is 1. The zero-order valence-corrected chi connectivity index (χ0v) is 14.4. The van der Waals surface area contributed by atoms with Gasteiger partial charge in [-0.1, -0.05) is 54.6 Å². The number of ketones is 1. The Morgan fingerprint density at radius 2 is 1.68 bits per heavy atom. The van der Waals surface area contributed by atoms with Crippen LogP contribution in [-0.4, -0.2) is 36.2 Å². The van der Waals surface area contributed by atoms with Crippen molar-refractivity contribution in [1.29, 1.82) is 0 Å². The highest BCUT2D eigenvalue weighted by atomic mass is 16.1. The smallest absolute Gasteiger partial charge is 0.218 e. The van der Waals surface area contributed by atoms with Crippen molar-refractivity contribution in [1.82, 2.24) is 4.90 Å². The van der Waals surface area contributed by atoms with Crippen LogP contribution in [0, 0.1) is 5.92 Å². The van der Waals surface area contributed by atoms with Crippen molar-refractivity contribution >= 4 is 11.7 Å². The minimum Gasteiger partial charge on any atom is -0.370 e. The first-order valence-corrected chi connectivity index (χ1v) is 8.84. The van der Waals surface area contributed by atoms with Gasteiger partial charge in [-0.2, -0.15) is 0 Å². The van der Waals surface area contributed by atoms with Gasteiger partial charge in [0, 0.05) is 31.0 Å². The van der Waals surface area contributed by atoms with Crippen LogP contribution >= 0.6 is 0 Å². The fourth-order valence-electron chi connectivity index (χ4n) is 3.43. The first-order valence-electron chi connectivity index (χ1n) is 8.84. The highest BCUT2D eigenvalue weighted by Gasteiger charge is 2.26. The third-order valence-corrected chi connectivity index (χ3v) is 4.83. The predicted molar refractivity (Wildman–Crippen MR) is 99.2 cm³/mol. The number of Topliss-reactive ketones (excluding diaryl/α,β-unsaturated/α-hetero) is 1. The zero-order chi connectivity index (χ0) is 17.6. The monoisotopic (exact) mass is 336 g/mol. The minimum atomic E-state index is -0.287. The van der Waals surface area contributed by atoms with Crippen molar-refractivity contribution < 1.29 is 9.59 Å². The molecule has 130 valence electrons. The summed E-state index contributed by atoms with van der Waals surface area (Å²) >= 11 is 0. The summed E-state index contributed by atoms with van der Waals surface area (Å²) in [6.45, 7) is 2.29. The van der Waals surface area contributed by atoms with E-state index in [1.54, 1.807) is 0 Å². The summed E-state index contributed by atoms with van der Waals surface area (Å²) in [5.41, 5.74) is 8.25. The normalized spacial score (nSPS) is 18.0. The number of nitrogens with two attached hydrogens (primary N) is 1. The molecule has 0 bridgehead atoms. The van der Waals surface area contributed by atoms with Gasteiger partial charge in [0.2, 0.25) is 5.91 Å². The Bertz CT molecular complexity index is 725. The molecule has 2 aromatic carbocycles. The summed E-state index contributed by atoms with van der Waals surface area (Å²) in [7, 11) is 0. The van der Waals surface area contributed by atoms with Crippen molar-refractivity contribution in [3.8, 4) is 11.1 Å². The molecule has 1 heterocycles. The van der Waals surface area contributed by atoms with Gasteiger partial charge in [0.15, 0.2) is 5.78 Å². The average molecular weight is 336 g/mol. The van der Waals surface area contributed by atoms with Gasteiger partial charge in [-0.15, -0.1) is 0 Å². The lowest BCUT2D eigenvalue weighted by molar-refractivity contribution is -0.118. The summed E-state index contributed by atoms with van der Waals surface area (Å²) < 4.78 is 0. The van der Waals surface area contributed by atoms with E-state index in [1.165, 1.54) is 0 Å². The van der Waals surface area contributed by atoms with Gasteiger partial charge in [-0.3, -0.25) is 9.59 Å². The van der Waals surface area contributed by atoms with Gasteiger partial charge < -0.3 is 10.6 Å². The molecule has 1 amide bonds. The van der Waals surface area contributed by atoms with Crippen molar-refractivity contribution in [3.63, 3.8) is 0 Å². The Hall–Kier alpha value is -2.46. The van der Waals surface area contributed by atoms with Crippen LogP contribution in [0.25, 0.3) is 11.1 Å². The van der Waals surface area contributed by atoms with Crippen LogP contribution in [0.2, 0.25) is 0 Å². The van der Waals surface area contributed by atoms with Crippen LogP contribution in [0.3, 0.4) is 0 Å². The SMILES string of the molecule is NC(=O)CCN1CCC[C@@H](C(=O)c2ccc(-c3ccccc3)cc2)C1. The lowest BCUT2D eigenvalue weighted by atomic mass is 9.89. The van der Waals surface area contributed by atoms with Crippen LogP contribution in [-0.2, 0) is 4.79 Å². The van der Waals surface area contributed by atoms with Crippen molar-refractivity contribution in [2.75, 3.05) is 19.6 Å². The number of rotatable bonds is 6. The standard InChI is InChI=1S/C21H24N2O2/c22-20(24)12-14-23-13-4-7-19(15-23)21(25)18-10-8-17(9-11-18)16-5-2-1-3-6-16/h1-3,5-6,8-11,19H,4,7,12-15H2,(H2,22,24)/t19-/m1/s1. The van der Waals surface area contributed by atoms with E-state index in [0.717, 1.165) is 36.1 Å². The molecule has 0 unspecified atom stereocenters. The van der Waals surface area contributed by atoms with Gasteiger partial charge in [0.25, 0.3) is 0 Å². The van der Waals surface area contributed by atoms with E-state index in [-0.39, 0.29) is 17.6 Å². The number of carbonyl (C=O) groups is 2. The maximum Gasteiger partial charge on any atom is 0.218 e. The molecule has 3 rings (SSSR count). The number of nitrogens with zero attached hydrogens (tertiary/aromatic N) is 1. The highest BCUT2D eigenvalue weighted by Crippen LogP contribution is 2.24. The molecule has 0 saturated carbocycles. The Morgan fingerprint density at radius 3 is 2.36 bits per heavy atom. The van der Waals surface area contributed by atoms with Crippen LogP contribution in [0.1, 0.15) is 29.6 Å². The molecule has 1 fully saturated rings. The fraction of sp³-hybridized carbons (Fsp3) is 0.333. The molecule has 0 radical (unpaired) electrons. The first-order chi connectivity index (χ1) is 12.1. The van der Waals surface area contributed by atoms with E-state index >= 15 is 0 Å². The van der Waals surface area contributed by atoms with Gasteiger partial charge in [0.1, 0.15) is 0 Å². The number of piperidine rings is 1. The average Bonchev–Trinajstić information content (AvgIpc) is 2.67. The predicted octanol–water partition coefficient (Wildman–Crippen LogP) is 3.12. The number of amides is 1. The van der Waals surface area contributed by atoms with Crippen LogP contribution in [0.4, 0.5) is 0 Å². The van der Waals surface area contributed by atoms with E-state index in [4.69, 9.17) is 5.73 Å². The first kappa shape index (κ1) is 17.4. The van der Waals surface area contributed by atoms with Crippen LogP contribution in [0.15, 0.2) is 54.6 Å². The van der Waals surface area contributed by atoms with Crippen molar-refractivity contribution in [3.05, 3.63) is 60.2 Å². The largest absolute Gasteiger partial charge is 0.370 e. The topological polar surface area (TPSA) is 63.4 Å². The lowest BCUT2D eigenvalue weighted by Crippen LogP contribution is -2.40. The van der Waals surface area contributed by atoms with E-state index in [2.05, 4.69) is 17.0 Å². The molecule has 2 aromatic rings. The van der Waals surface area contributed by atoms with E-state index in [0.29, 0.717) is 19.5 Å². The van der Waals surface area contributed by atoms with Gasteiger partial charge in [-0.25, -0.2) is 0 Å². The minimum absolute atomic E-state index is 0.00389. The highest BCUT2D eigenvalue weighted by molar-refractivity contribution is 5.98. The molecule has 0 spiro atoms. The maximum atomic E-state index is 12.8. The molecule has 1 aliphatic rings. The molecule has 1 atom stereocenters. The molecular formula is C21H24N2O2. The summed E-state index contributed by atoms with van der Waals surface area (Å²) in [6.07, 6.45) is 2.25. The second-order valence-corrected chi connectivity index (χ2v) is 6.66. The van der Waals surface area contributed by atoms with Gasteiger partial charge in [-0.05, 0) is 30.5 Å². The summed E-state index contributed by atoms with van der Waals surface area (Å²) in [5, 5.41) is 0. The number of benzene rings is 2. The Balaban J connectivity index is 1.65. The number of primary amides is 1. The van der Waals surface area contributed by atoms with E-state index in [9.17, 15) is 9.59 Å². The Kier molecular flexibility index (Phi) is 5.61. The molecular weight excluding hydrogens is 312 g/mol. The quantitative estimate of drug-likeness (QED) is 0.824. The molecule has 0 aromatic heterocycles. The fourth-order valence-corrected chi connectivity index (χ4v) is 3.43. The number of carbonyl (C=O) groups excluding carboxylic acids is 2. The van der Waals surface area contributed by atoms with Gasteiger partial charge in [0.05, 0.1) is 0 Å². The molecule has 25 heavy (non-hydrogen) atoms. The Labute approximate surface area is 148 Å². The molecule has 4 heteroatoms. The van der Waals surface area contributed by atoms with Crippen molar-refractivity contribution in [2.45, 2.75) is 19.3 Å². The maximum absolute atomic E-state index is 12.8. The Morgan fingerprint density at radius 1 is 1.00 bits per heavy atom. The summed E-state index contributed by atoms with van der Waals surface area (Å²) in [5.74, 6) is -0.0856. The van der Waals surface area contributed by atoms with Crippen molar-refractivity contribution in [2.24, 2.45) is 11.7 Å². The summed E-state index contributed by atoms with van der Waals surface area (Å²) in [6, 6.07) is 18.0. The molecule has 4 nitrogen and oxygen atoms in total. The number of likely N-dealkylation sites (tertiary alicyclic amines) is 1.